The summed E-state index contributed by atoms with van der Waals surface area (Å²) in [5, 5.41) is 4.58. The molecule has 1 aliphatic rings. The highest BCUT2D eigenvalue weighted by Gasteiger charge is 2.36. The predicted octanol–water partition coefficient (Wildman–Crippen LogP) is 2.42. The fourth-order valence-corrected chi connectivity index (χ4v) is 3.57. The third kappa shape index (κ3) is 4.00. The van der Waals surface area contributed by atoms with Gasteiger partial charge in [0.2, 0.25) is 0 Å². The van der Waals surface area contributed by atoms with Crippen LogP contribution in [0.3, 0.4) is 0 Å². The lowest BCUT2D eigenvalue weighted by Gasteiger charge is -2.21. The first-order valence-electron chi connectivity index (χ1n) is 9.30. The highest BCUT2D eigenvalue weighted by atomic mass is 16.5. The summed E-state index contributed by atoms with van der Waals surface area (Å²) < 4.78 is 4.93. The summed E-state index contributed by atoms with van der Waals surface area (Å²) in [6.07, 6.45) is 0.855. The SMILES string of the molecule is CCNC(=NCCc1cc2ccccc2[nH]1)N1CC(C)C(C(=O)OC)C1. The number of esters is 1. The summed E-state index contributed by atoms with van der Waals surface area (Å²) in [4.78, 5) is 22.3. The molecule has 3 rings (SSSR count). The van der Waals surface area contributed by atoms with E-state index in [1.165, 1.54) is 18.2 Å². The van der Waals surface area contributed by atoms with E-state index >= 15 is 0 Å². The van der Waals surface area contributed by atoms with Crippen LogP contribution in [0.25, 0.3) is 10.9 Å². The van der Waals surface area contributed by atoms with Crippen molar-refractivity contribution in [1.82, 2.24) is 15.2 Å². The number of carbonyl (C=O) groups excluding carboxylic acids is 1. The number of para-hydroxylation sites is 1. The van der Waals surface area contributed by atoms with Gasteiger partial charge in [-0.2, -0.15) is 0 Å². The molecule has 0 amide bonds. The average Bonchev–Trinajstić information content (AvgIpc) is 3.23. The van der Waals surface area contributed by atoms with E-state index in [9.17, 15) is 4.79 Å². The topological polar surface area (TPSA) is 69.7 Å². The highest BCUT2D eigenvalue weighted by molar-refractivity contribution is 5.82. The number of fused-ring (bicyclic) bond motifs is 1. The molecule has 1 fully saturated rings. The quantitative estimate of drug-likeness (QED) is 0.490. The van der Waals surface area contributed by atoms with Crippen molar-refractivity contribution in [1.29, 1.82) is 0 Å². The molecule has 6 heteroatoms. The number of likely N-dealkylation sites (tertiary alicyclic amines) is 1. The van der Waals surface area contributed by atoms with E-state index in [2.05, 4.69) is 47.2 Å². The van der Waals surface area contributed by atoms with Gasteiger partial charge in [0.1, 0.15) is 0 Å². The normalized spacial score (nSPS) is 20.6. The van der Waals surface area contributed by atoms with Crippen molar-refractivity contribution >= 4 is 22.8 Å². The van der Waals surface area contributed by atoms with Crippen molar-refractivity contribution < 1.29 is 9.53 Å². The van der Waals surface area contributed by atoms with Gasteiger partial charge in [0.15, 0.2) is 5.96 Å². The number of guanidine groups is 1. The number of carbonyl (C=O) groups is 1. The minimum absolute atomic E-state index is 0.0856. The maximum Gasteiger partial charge on any atom is 0.310 e. The Bertz CT molecular complexity index is 750. The number of benzene rings is 1. The molecule has 0 aliphatic carbocycles. The number of rotatable bonds is 5. The summed E-state index contributed by atoms with van der Waals surface area (Å²) in [5.41, 5.74) is 2.35. The van der Waals surface area contributed by atoms with Crippen LogP contribution in [0.4, 0.5) is 0 Å². The number of hydrogen-bond donors (Lipinski definition) is 2. The number of hydrogen-bond acceptors (Lipinski definition) is 3. The first-order valence-corrected chi connectivity index (χ1v) is 9.30. The molecule has 140 valence electrons. The number of methoxy groups -OCH3 is 1. The minimum atomic E-state index is -0.131. The standard InChI is InChI=1S/C20H28N4O2/c1-4-21-20(24-12-14(2)17(13-24)19(25)26-3)22-10-9-16-11-15-7-5-6-8-18(15)23-16/h5-8,11,14,17,23H,4,9-10,12-13H2,1-3H3,(H,21,22). The molecule has 2 N–H and O–H groups in total. The Labute approximate surface area is 154 Å². The van der Waals surface area contributed by atoms with Gasteiger partial charge in [-0.05, 0) is 30.4 Å². The lowest BCUT2D eigenvalue weighted by Crippen LogP contribution is -2.40. The zero-order chi connectivity index (χ0) is 18.5. The molecule has 1 aromatic carbocycles. The van der Waals surface area contributed by atoms with Gasteiger partial charge in [-0.1, -0.05) is 25.1 Å². The summed E-state index contributed by atoms with van der Waals surface area (Å²) in [6, 6.07) is 10.5. The molecule has 1 aliphatic heterocycles. The average molecular weight is 356 g/mol. The maximum atomic E-state index is 11.9. The van der Waals surface area contributed by atoms with E-state index in [-0.39, 0.29) is 17.8 Å². The minimum Gasteiger partial charge on any atom is -0.469 e. The second-order valence-electron chi connectivity index (χ2n) is 6.88. The smallest absolute Gasteiger partial charge is 0.310 e. The number of aromatic nitrogens is 1. The van der Waals surface area contributed by atoms with Gasteiger partial charge in [-0.15, -0.1) is 0 Å². The molecule has 0 bridgehead atoms. The van der Waals surface area contributed by atoms with Crippen LogP contribution in [0.15, 0.2) is 35.3 Å². The van der Waals surface area contributed by atoms with Crippen molar-refractivity contribution in [3.05, 3.63) is 36.0 Å². The number of aromatic amines is 1. The van der Waals surface area contributed by atoms with Crippen LogP contribution in [0.1, 0.15) is 19.5 Å². The summed E-state index contributed by atoms with van der Waals surface area (Å²) in [6.45, 7) is 7.13. The van der Waals surface area contributed by atoms with E-state index in [0.717, 1.165) is 31.0 Å². The zero-order valence-electron chi connectivity index (χ0n) is 15.8. The molecular weight excluding hydrogens is 328 g/mol. The Morgan fingerprint density at radius 3 is 2.92 bits per heavy atom. The monoisotopic (exact) mass is 356 g/mol. The van der Waals surface area contributed by atoms with E-state index in [4.69, 9.17) is 9.73 Å². The lowest BCUT2D eigenvalue weighted by atomic mass is 9.99. The Morgan fingerprint density at radius 1 is 1.38 bits per heavy atom. The Balaban J connectivity index is 1.64. The fourth-order valence-electron chi connectivity index (χ4n) is 3.57. The van der Waals surface area contributed by atoms with Gasteiger partial charge in [0, 0.05) is 43.8 Å². The summed E-state index contributed by atoms with van der Waals surface area (Å²) in [5.74, 6) is 0.924. The molecule has 0 spiro atoms. The van der Waals surface area contributed by atoms with Crippen LogP contribution in [-0.2, 0) is 16.0 Å². The number of nitrogens with zero attached hydrogens (tertiary/aromatic N) is 2. The molecule has 2 unspecified atom stereocenters. The fraction of sp³-hybridized carbons (Fsp3) is 0.500. The van der Waals surface area contributed by atoms with Gasteiger partial charge in [0.25, 0.3) is 0 Å². The second kappa shape index (κ2) is 8.25. The van der Waals surface area contributed by atoms with Crippen LogP contribution < -0.4 is 5.32 Å². The van der Waals surface area contributed by atoms with Crippen LogP contribution in [0.2, 0.25) is 0 Å². The van der Waals surface area contributed by atoms with Gasteiger partial charge < -0.3 is 19.9 Å². The molecule has 2 aromatic rings. The number of H-pyrrole nitrogens is 1. The van der Waals surface area contributed by atoms with E-state index in [1.807, 2.05) is 12.1 Å². The lowest BCUT2D eigenvalue weighted by molar-refractivity contribution is -0.145. The van der Waals surface area contributed by atoms with Crippen LogP contribution in [0.5, 0.6) is 0 Å². The summed E-state index contributed by atoms with van der Waals surface area (Å²) in [7, 11) is 1.46. The third-order valence-electron chi connectivity index (χ3n) is 4.98. The molecule has 2 heterocycles. The van der Waals surface area contributed by atoms with Gasteiger partial charge in [-0.25, -0.2) is 0 Å². The van der Waals surface area contributed by atoms with E-state index < -0.39 is 0 Å². The first kappa shape index (κ1) is 18.3. The highest BCUT2D eigenvalue weighted by Crippen LogP contribution is 2.24. The second-order valence-corrected chi connectivity index (χ2v) is 6.88. The molecule has 2 atom stereocenters. The Kier molecular flexibility index (Phi) is 5.81. The van der Waals surface area contributed by atoms with Crippen LogP contribution >= 0.6 is 0 Å². The Morgan fingerprint density at radius 2 is 2.19 bits per heavy atom. The molecule has 0 saturated carbocycles. The molecule has 0 radical (unpaired) electrons. The van der Waals surface area contributed by atoms with Crippen molar-refractivity contribution in [2.75, 3.05) is 33.3 Å². The van der Waals surface area contributed by atoms with E-state index in [1.54, 1.807) is 0 Å². The summed E-state index contributed by atoms with van der Waals surface area (Å²) >= 11 is 0. The van der Waals surface area contributed by atoms with Crippen molar-refractivity contribution in [2.45, 2.75) is 20.3 Å². The van der Waals surface area contributed by atoms with Gasteiger partial charge in [-0.3, -0.25) is 9.79 Å². The largest absolute Gasteiger partial charge is 0.469 e. The van der Waals surface area contributed by atoms with Crippen LogP contribution in [0, 0.1) is 11.8 Å². The molecule has 1 saturated heterocycles. The van der Waals surface area contributed by atoms with Crippen molar-refractivity contribution in [2.24, 2.45) is 16.8 Å². The molecule has 1 aromatic heterocycles. The number of ether oxygens (including phenoxy) is 1. The van der Waals surface area contributed by atoms with Crippen molar-refractivity contribution in [3.63, 3.8) is 0 Å². The molecule has 26 heavy (non-hydrogen) atoms. The zero-order valence-corrected chi connectivity index (χ0v) is 15.8. The maximum absolute atomic E-state index is 11.9. The van der Waals surface area contributed by atoms with Crippen molar-refractivity contribution in [3.8, 4) is 0 Å². The number of aliphatic imine (C=N–C) groups is 1. The molecular formula is C20H28N4O2. The molecule has 6 nitrogen and oxygen atoms in total. The Hall–Kier alpha value is -2.50. The van der Waals surface area contributed by atoms with Gasteiger partial charge >= 0.3 is 5.97 Å². The van der Waals surface area contributed by atoms with Crippen LogP contribution in [-0.4, -0.2) is 55.1 Å². The number of nitrogens with one attached hydrogen (secondary N) is 2. The van der Waals surface area contributed by atoms with E-state index in [0.29, 0.717) is 13.1 Å². The third-order valence-corrected chi connectivity index (χ3v) is 4.98. The van der Waals surface area contributed by atoms with Gasteiger partial charge in [0.05, 0.1) is 13.0 Å². The predicted molar refractivity (Wildman–Crippen MR) is 104 cm³/mol. The first-order chi connectivity index (χ1) is 12.6.